The number of ether oxygens (including phenoxy) is 1. The number of halogens is 4. The van der Waals surface area contributed by atoms with Crippen LogP contribution in [0.2, 0.25) is 0 Å². The van der Waals surface area contributed by atoms with E-state index in [9.17, 15) is 13.6 Å². The van der Waals surface area contributed by atoms with E-state index < -0.39 is 12.0 Å². The molecule has 0 radical (unpaired) electrons. The lowest BCUT2D eigenvalue weighted by atomic mass is 9.84. The molecule has 4 aromatic carbocycles. The van der Waals surface area contributed by atoms with Crippen molar-refractivity contribution in [2.24, 2.45) is 0 Å². The fourth-order valence-corrected chi connectivity index (χ4v) is 5.75. The molecule has 1 aliphatic heterocycles. The summed E-state index contributed by atoms with van der Waals surface area (Å²) in [4.78, 5) is 15.9. The molecule has 204 valence electrons. The minimum Gasteiger partial charge on any atom is -0.463 e. The van der Waals surface area contributed by atoms with E-state index in [0.29, 0.717) is 17.7 Å². The topological polar surface area (TPSA) is 41.6 Å². The first-order valence-electron chi connectivity index (χ1n) is 12.8. The molecule has 1 heterocycles. The molecule has 1 N–H and O–H groups in total. The molecule has 2 unspecified atom stereocenters. The maximum absolute atomic E-state index is 14.1. The molecule has 5 rings (SSSR count). The van der Waals surface area contributed by atoms with Crippen LogP contribution in [-0.4, -0.2) is 12.6 Å². The Balaban J connectivity index is 1.77. The first-order valence-corrected chi connectivity index (χ1v) is 15.0. The van der Waals surface area contributed by atoms with Gasteiger partial charge in [0.25, 0.3) is 0 Å². The molecule has 0 saturated carbocycles. The van der Waals surface area contributed by atoms with Gasteiger partial charge in [-0.2, -0.15) is 0 Å². The molecule has 40 heavy (non-hydrogen) atoms. The third-order valence-electron chi connectivity index (χ3n) is 6.81. The maximum Gasteiger partial charge on any atom is 0.338 e. The van der Waals surface area contributed by atoms with Crippen LogP contribution in [0.15, 0.2) is 108 Å². The monoisotopic (exact) mass is 762 g/mol. The van der Waals surface area contributed by atoms with E-state index in [-0.39, 0.29) is 24.3 Å². The highest BCUT2D eigenvalue weighted by atomic mass is 127. The molecule has 1 aliphatic rings. The Bertz CT molecular complexity index is 1510. The molecule has 0 fully saturated rings. The van der Waals surface area contributed by atoms with Crippen molar-refractivity contribution in [3.63, 3.8) is 0 Å². The second-order valence-electron chi connectivity index (χ2n) is 9.35. The normalized spacial score (nSPS) is 17.1. The summed E-state index contributed by atoms with van der Waals surface area (Å²) in [7, 11) is 0. The van der Waals surface area contributed by atoms with Crippen LogP contribution in [0.1, 0.15) is 36.6 Å². The lowest BCUT2D eigenvalue weighted by Crippen LogP contribution is -2.41. The highest BCUT2D eigenvalue weighted by Gasteiger charge is 2.41. The van der Waals surface area contributed by atoms with Crippen molar-refractivity contribution in [2.45, 2.75) is 25.4 Å². The smallest absolute Gasteiger partial charge is 0.338 e. The van der Waals surface area contributed by atoms with E-state index >= 15 is 0 Å². The largest absolute Gasteiger partial charge is 0.463 e. The fraction of sp³-hybridized carbons (Fsp3) is 0.156. The number of hydrogen-bond acceptors (Lipinski definition) is 4. The van der Waals surface area contributed by atoms with Crippen LogP contribution in [0.25, 0.3) is 0 Å². The molecule has 0 spiro atoms. The fourth-order valence-electron chi connectivity index (χ4n) is 5.03. The Hall–Kier alpha value is -2.99. The molecule has 8 heteroatoms. The molecule has 0 aromatic heterocycles. The summed E-state index contributed by atoms with van der Waals surface area (Å²) in [6, 6.07) is 27.7. The van der Waals surface area contributed by atoms with E-state index in [4.69, 9.17) is 4.74 Å². The lowest BCUT2D eigenvalue weighted by molar-refractivity contribution is -0.139. The molecule has 0 saturated heterocycles. The summed E-state index contributed by atoms with van der Waals surface area (Å²) in [5.74, 6) is -1.14. The van der Waals surface area contributed by atoms with Gasteiger partial charge in [0, 0.05) is 30.6 Å². The molecule has 4 aromatic rings. The van der Waals surface area contributed by atoms with Gasteiger partial charge >= 0.3 is 5.97 Å². The first kappa shape index (κ1) is 28.5. The van der Waals surface area contributed by atoms with E-state index in [1.807, 2.05) is 48.5 Å². The van der Waals surface area contributed by atoms with Gasteiger partial charge in [0.05, 0.1) is 24.3 Å². The standard InChI is InChI=1S/C32H26F2I2N2O2/c1-2-40-32(39)30-28(37-26-15-11-24(35)12-16-26)19-29(20-3-7-22(33)8-4-20)38(27-17-13-25(36)14-18-27)31(30)21-5-9-23(34)10-6-21/h3-18,29,31,37H,2,19H2,1H3. The third kappa shape index (κ3) is 6.33. The zero-order chi connectivity index (χ0) is 28.2. The van der Waals surface area contributed by atoms with Crippen molar-refractivity contribution in [3.05, 3.63) is 138 Å². The van der Waals surface area contributed by atoms with Crippen LogP contribution < -0.4 is 10.2 Å². The predicted octanol–water partition coefficient (Wildman–Crippen LogP) is 8.80. The van der Waals surface area contributed by atoms with Crippen molar-refractivity contribution in [1.29, 1.82) is 0 Å². The molecule has 0 amide bonds. The lowest BCUT2D eigenvalue weighted by Gasteiger charge is -2.46. The summed E-state index contributed by atoms with van der Waals surface area (Å²) >= 11 is 4.51. The zero-order valence-corrected chi connectivity index (χ0v) is 25.9. The minimum absolute atomic E-state index is 0.209. The molecule has 0 bridgehead atoms. The average molecular weight is 762 g/mol. The molecule has 0 aliphatic carbocycles. The highest BCUT2D eigenvalue weighted by molar-refractivity contribution is 14.1. The van der Waals surface area contributed by atoms with Crippen LogP contribution in [-0.2, 0) is 9.53 Å². The van der Waals surface area contributed by atoms with Crippen LogP contribution in [0.4, 0.5) is 20.2 Å². The van der Waals surface area contributed by atoms with Crippen LogP contribution in [0, 0.1) is 18.8 Å². The van der Waals surface area contributed by atoms with Crippen molar-refractivity contribution in [2.75, 3.05) is 16.8 Å². The molecular formula is C32H26F2I2N2O2. The van der Waals surface area contributed by atoms with Gasteiger partial charge in [0.15, 0.2) is 0 Å². The van der Waals surface area contributed by atoms with Gasteiger partial charge < -0.3 is 15.0 Å². The van der Waals surface area contributed by atoms with E-state index in [0.717, 1.165) is 29.6 Å². The van der Waals surface area contributed by atoms with E-state index in [1.54, 1.807) is 31.2 Å². The number of nitrogens with zero attached hydrogens (tertiary/aromatic N) is 1. The average Bonchev–Trinajstić information content (AvgIpc) is 2.95. The molecule has 2 atom stereocenters. The van der Waals surface area contributed by atoms with Gasteiger partial charge in [-0.15, -0.1) is 0 Å². The Morgan fingerprint density at radius 3 is 1.90 bits per heavy atom. The van der Waals surface area contributed by atoms with Crippen molar-refractivity contribution < 1.29 is 18.3 Å². The Morgan fingerprint density at radius 1 is 0.825 bits per heavy atom. The predicted molar refractivity (Wildman–Crippen MR) is 171 cm³/mol. The van der Waals surface area contributed by atoms with Gasteiger partial charge in [-0.05, 0) is 136 Å². The van der Waals surface area contributed by atoms with Gasteiger partial charge in [-0.3, -0.25) is 0 Å². The number of carbonyl (C=O) groups is 1. The second kappa shape index (κ2) is 12.7. The van der Waals surface area contributed by atoms with Crippen molar-refractivity contribution >= 4 is 62.5 Å². The number of rotatable bonds is 7. The van der Waals surface area contributed by atoms with Crippen LogP contribution in [0.3, 0.4) is 0 Å². The third-order valence-corrected chi connectivity index (χ3v) is 8.25. The summed E-state index contributed by atoms with van der Waals surface area (Å²) in [6.07, 6.45) is 0.426. The second-order valence-corrected chi connectivity index (χ2v) is 11.8. The number of benzene rings is 4. The zero-order valence-electron chi connectivity index (χ0n) is 21.6. The Labute approximate surface area is 259 Å². The highest BCUT2D eigenvalue weighted by Crippen LogP contribution is 2.48. The van der Waals surface area contributed by atoms with Crippen molar-refractivity contribution in [3.8, 4) is 0 Å². The molecule has 4 nitrogen and oxygen atoms in total. The number of hydrogen-bond donors (Lipinski definition) is 1. The number of anilines is 2. The number of nitrogens with one attached hydrogen (secondary N) is 1. The summed E-state index contributed by atoms with van der Waals surface area (Å²) < 4.78 is 35.9. The van der Waals surface area contributed by atoms with Crippen molar-refractivity contribution in [1.82, 2.24) is 0 Å². The van der Waals surface area contributed by atoms with Crippen LogP contribution in [0.5, 0.6) is 0 Å². The van der Waals surface area contributed by atoms with Gasteiger partial charge in [0.1, 0.15) is 11.6 Å². The van der Waals surface area contributed by atoms with Gasteiger partial charge in [-0.1, -0.05) is 24.3 Å². The summed E-state index contributed by atoms with van der Waals surface area (Å²) in [5, 5.41) is 3.50. The van der Waals surface area contributed by atoms with E-state index in [1.165, 1.54) is 24.3 Å². The van der Waals surface area contributed by atoms with Crippen LogP contribution >= 0.6 is 45.2 Å². The van der Waals surface area contributed by atoms with E-state index in [2.05, 4.69) is 55.4 Å². The molecular weight excluding hydrogens is 736 g/mol. The number of esters is 1. The maximum atomic E-state index is 14.1. The Morgan fingerprint density at radius 2 is 1.35 bits per heavy atom. The summed E-state index contributed by atoms with van der Waals surface area (Å²) in [6.45, 7) is 1.98. The van der Waals surface area contributed by atoms with Gasteiger partial charge in [-0.25, -0.2) is 13.6 Å². The minimum atomic E-state index is -0.616. The first-order chi connectivity index (χ1) is 19.3. The number of carbonyl (C=O) groups excluding carboxylic acids is 1. The quantitative estimate of drug-likeness (QED) is 0.151. The van der Waals surface area contributed by atoms with Gasteiger partial charge in [0.2, 0.25) is 0 Å². The SMILES string of the molecule is CCOC(=O)C1=C(Nc2ccc(I)cc2)CC(c2ccc(F)cc2)N(c2ccc(I)cc2)C1c1ccc(F)cc1. The summed E-state index contributed by atoms with van der Waals surface area (Å²) in [5.41, 5.74) is 4.47. The Kier molecular flexibility index (Phi) is 9.04.